The minimum absolute atomic E-state index is 0.0166. The lowest BCUT2D eigenvalue weighted by molar-refractivity contribution is -0.120. The maximum Gasteiger partial charge on any atom is 0.239 e. The second kappa shape index (κ2) is 7.41. The van der Waals surface area contributed by atoms with Crippen LogP contribution in [-0.2, 0) is 9.59 Å². The Morgan fingerprint density at radius 3 is 2.16 bits per heavy atom. The molecule has 0 saturated heterocycles. The van der Waals surface area contributed by atoms with Gasteiger partial charge in [0.25, 0.3) is 0 Å². The van der Waals surface area contributed by atoms with Gasteiger partial charge in [-0.3, -0.25) is 9.59 Å². The molecule has 0 atom stereocenters. The second-order valence-electron chi connectivity index (χ2n) is 4.55. The van der Waals surface area contributed by atoms with Crippen LogP contribution in [-0.4, -0.2) is 24.4 Å². The van der Waals surface area contributed by atoms with Crippen LogP contribution in [0.25, 0.3) is 0 Å². The van der Waals surface area contributed by atoms with Gasteiger partial charge in [-0.2, -0.15) is 0 Å². The smallest absolute Gasteiger partial charge is 0.239 e. The van der Waals surface area contributed by atoms with Crippen LogP contribution < -0.4 is 16.0 Å². The molecule has 1 aromatic rings. The zero-order chi connectivity index (χ0) is 14.3. The van der Waals surface area contributed by atoms with Crippen molar-refractivity contribution in [3.8, 4) is 0 Å². The SMILES string of the molecule is CCC(=O)Nc1ccc(NCC(=O)NC(C)C)cc1. The Labute approximate surface area is 113 Å². The van der Waals surface area contributed by atoms with E-state index >= 15 is 0 Å². The fourth-order valence-electron chi connectivity index (χ4n) is 1.48. The Morgan fingerprint density at radius 2 is 1.63 bits per heavy atom. The summed E-state index contributed by atoms with van der Waals surface area (Å²) in [6, 6.07) is 7.40. The number of rotatable bonds is 6. The molecule has 0 aliphatic rings. The third-order valence-electron chi connectivity index (χ3n) is 2.39. The molecule has 19 heavy (non-hydrogen) atoms. The Balaban J connectivity index is 2.44. The van der Waals surface area contributed by atoms with E-state index in [1.807, 2.05) is 26.0 Å². The zero-order valence-corrected chi connectivity index (χ0v) is 11.6. The lowest BCUT2D eigenvalue weighted by Gasteiger charge is -2.10. The molecule has 0 spiro atoms. The van der Waals surface area contributed by atoms with Crippen LogP contribution in [0.1, 0.15) is 27.2 Å². The number of hydrogen-bond acceptors (Lipinski definition) is 3. The first kappa shape index (κ1) is 15.0. The van der Waals surface area contributed by atoms with Crippen molar-refractivity contribution < 1.29 is 9.59 Å². The molecule has 0 heterocycles. The highest BCUT2D eigenvalue weighted by Crippen LogP contribution is 2.13. The maximum absolute atomic E-state index is 11.4. The lowest BCUT2D eigenvalue weighted by atomic mass is 10.2. The van der Waals surface area contributed by atoms with Gasteiger partial charge in [0.05, 0.1) is 6.54 Å². The molecule has 0 aromatic heterocycles. The van der Waals surface area contributed by atoms with Gasteiger partial charge in [-0.1, -0.05) is 6.92 Å². The highest BCUT2D eigenvalue weighted by molar-refractivity contribution is 5.90. The Morgan fingerprint density at radius 1 is 1.05 bits per heavy atom. The van der Waals surface area contributed by atoms with Gasteiger partial charge >= 0.3 is 0 Å². The quantitative estimate of drug-likeness (QED) is 0.735. The van der Waals surface area contributed by atoms with Gasteiger partial charge in [0.1, 0.15) is 0 Å². The predicted octanol–water partition coefficient (Wildman–Crippen LogP) is 1.97. The summed E-state index contributed by atoms with van der Waals surface area (Å²) in [5, 5.41) is 8.58. The number of carbonyl (C=O) groups is 2. The molecule has 5 nitrogen and oxygen atoms in total. The minimum atomic E-state index is -0.0432. The molecule has 3 N–H and O–H groups in total. The van der Waals surface area contributed by atoms with Gasteiger partial charge in [-0.25, -0.2) is 0 Å². The van der Waals surface area contributed by atoms with Crippen LogP contribution in [0.15, 0.2) is 24.3 Å². The molecule has 0 radical (unpaired) electrons. The molecule has 1 aromatic carbocycles. The molecule has 2 amide bonds. The summed E-state index contributed by atoms with van der Waals surface area (Å²) in [6.07, 6.45) is 0.454. The molecular formula is C14H21N3O2. The predicted molar refractivity (Wildman–Crippen MR) is 77.1 cm³/mol. The summed E-state index contributed by atoms with van der Waals surface area (Å²) in [5.74, 6) is -0.0598. The van der Waals surface area contributed by atoms with Crippen molar-refractivity contribution in [3.63, 3.8) is 0 Å². The van der Waals surface area contributed by atoms with Crippen LogP contribution in [0.4, 0.5) is 11.4 Å². The van der Waals surface area contributed by atoms with E-state index in [4.69, 9.17) is 0 Å². The van der Waals surface area contributed by atoms with Gasteiger partial charge in [0, 0.05) is 23.8 Å². The zero-order valence-electron chi connectivity index (χ0n) is 11.6. The highest BCUT2D eigenvalue weighted by atomic mass is 16.2. The van der Waals surface area contributed by atoms with E-state index in [9.17, 15) is 9.59 Å². The van der Waals surface area contributed by atoms with Crippen LogP contribution in [0.5, 0.6) is 0 Å². The lowest BCUT2D eigenvalue weighted by Crippen LogP contribution is -2.34. The highest BCUT2D eigenvalue weighted by Gasteiger charge is 2.03. The number of benzene rings is 1. The van der Waals surface area contributed by atoms with Crippen LogP contribution in [0, 0.1) is 0 Å². The van der Waals surface area contributed by atoms with E-state index < -0.39 is 0 Å². The molecule has 0 aliphatic carbocycles. The summed E-state index contributed by atoms with van der Waals surface area (Å²) >= 11 is 0. The molecule has 0 aliphatic heterocycles. The largest absolute Gasteiger partial charge is 0.376 e. The molecule has 5 heteroatoms. The van der Waals surface area contributed by atoms with Crippen LogP contribution in [0.3, 0.4) is 0 Å². The molecular weight excluding hydrogens is 242 g/mol. The van der Waals surface area contributed by atoms with Crippen molar-refractivity contribution >= 4 is 23.2 Å². The summed E-state index contributed by atoms with van der Waals surface area (Å²) in [4.78, 5) is 22.7. The first-order valence-electron chi connectivity index (χ1n) is 6.44. The summed E-state index contributed by atoms with van der Waals surface area (Å²) in [5.41, 5.74) is 1.59. The number of anilines is 2. The molecule has 0 bridgehead atoms. The summed E-state index contributed by atoms with van der Waals surface area (Å²) in [7, 11) is 0. The van der Waals surface area contributed by atoms with Crippen molar-refractivity contribution in [1.29, 1.82) is 0 Å². The average molecular weight is 263 g/mol. The van der Waals surface area contributed by atoms with E-state index in [0.717, 1.165) is 11.4 Å². The first-order valence-corrected chi connectivity index (χ1v) is 6.44. The van der Waals surface area contributed by atoms with Gasteiger partial charge in [-0.05, 0) is 38.1 Å². The standard InChI is InChI=1S/C14H21N3O2/c1-4-13(18)17-12-7-5-11(6-8-12)15-9-14(19)16-10(2)3/h5-8,10,15H,4,9H2,1-3H3,(H,16,19)(H,17,18). The normalized spacial score (nSPS) is 10.1. The fourth-order valence-corrected chi connectivity index (χ4v) is 1.48. The Bertz CT molecular complexity index is 427. The van der Waals surface area contributed by atoms with Gasteiger partial charge < -0.3 is 16.0 Å². The van der Waals surface area contributed by atoms with E-state index in [1.165, 1.54) is 0 Å². The first-order chi connectivity index (χ1) is 9.01. The molecule has 0 saturated carbocycles. The van der Waals surface area contributed by atoms with Crippen molar-refractivity contribution in [1.82, 2.24) is 5.32 Å². The third-order valence-corrected chi connectivity index (χ3v) is 2.39. The van der Waals surface area contributed by atoms with Gasteiger partial charge in [0.2, 0.25) is 11.8 Å². The summed E-state index contributed by atoms with van der Waals surface area (Å²) < 4.78 is 0. The topological polar surface area (TPSA) is 70.2 Å². The van der Waals surface area contributed by atoms with Crippen molar-refractivity contribution in [2.75, 3.05) is 17.2 Å². The van der Waals surface area contributed by atoms with E-state index in [-0.39, 0.29) is 24.4 Å². The fraction of sp³-hybridized carbons (Fsp3) is 0.429. The maximum atomic E-state index is 11.4. The van der Waals surface area contributed by atoms with Crippen LogP contribution in [0.2, 0.25) is 0 Å². The van der Waals surface area contributed by atoms with E-state index in [0.29, 0.717) is 6.42 Å². The monoisotopic (exact) mass is 263 g/mol. The van der Waals surface area contributed by atoms with E-state index in [2.05, 4.69) is 16.0 Å². The molecule has 0 unspecified atom stereocenters. The van der Waals surface area contributed by atoms with Gasteiger partial charge in [0.15, 0.2) is 0 Å². The van der Waals surface area contributed by atoms with Crippen molar-refractivity contribution in [2.45, 2.75) is 33.2 Å². The van der Waals surface area contributed by atoms with Crippen LogP contribution >= 0.6 is 0 Å². The molecule has 0 fully saturated rings. The second-order valence-corrected chi connectivity index (χ2v) is 4.55. The third kappa shape index (κ3) is 5.90. The van der Waals surface area contributed by atoms with Crippen molar-refractivity contribution in [2.24, 2.45) is 0 Å². The Kier molecular flexibility index (Phi) is 5.85. The average Bonchev–Trinajstić information content (AvgIpc) is 2.37. The van der Waals surface area contributed by atoms with Crippen molar-refractivity contribution in [3.05, 3.63) is 24.3 Å². The van der Waals surface area contributed by atoms with Gasteiger partial charge in [-0.15, -0.1) is 0 Å². The molecule has 104 valence electrons. The molecule has 1 rings (SSSR count). The van der Waals surface area contributed by atoms with E-state index in [1.54, 1.807) is 19.1 Å². The number of carbonyl (C=O) groups excluding carboxylic acids is 2. The Hall–Kier alpha value is -2.04. The summed E-state index contributed by atoms with van der Waals surface area (Å²) in [6.45, 7) is 5.88. The number of hydrogen-bond donors (Lipinski definition) is 3. The minimum Gasteiger partial charge on any atom is -0.376 e. The number of amides is 2. The number of nitrogens with one attached hydrogen (secondary N) is 3.